The minimum Gasteiger partial charge on any atom is -0.468 e. The molecule has 10 nitrogen and oxygen atoms in total. The second-order valence-corrected chi connectivity index (χ2v) is 6.66. The molecule has 0 aromatic heterocycles. The number of hydrogen-bond donors (Lipinski definition) is 2. The fraction of sp³-hybridized carbons (Fsp3) is 0.412. The molecule has 0 saturated carbocycles. The molecule has 1 unspecified atom stereocenters. The molecule has 1 aromatic rings. The number of para-hydroxylation sites is 1. The molecule has 2 rings (SSSR count). The first-order valence-corrected chi connectivity index (χ1v) is 8.15. The Morgan fingerprint density at radius 2 is 1.81 bits per heavy atom. The third-order valence-electron chi connectivity index (χ3n) is 3.40. The molecular weight excluding hydrogens is 356 g/mol. The maximum Gasteiger partial charge on any atom is 0.409 e. The number of carbonyl (C=O) groups is 4. The van der Waals surface area contributed by atoms with Crippen LogP contribution < -0.4 is 15.6 Å². The summed E-state index contributed by atoms with van der Waals surface area (Å²) in [4.78, 5) is 48.7. The number of anilines is 1. The molecule has 1 saturated heterocycles. The van der Waals surface area contributed by atoms with Gasteiger partial charge in [-0.3, -0.25) is 20.2 Å². The van der Waals surface area contributed by atoms with Gasteiger partial charge in [0.1, 0.15) is 12.1 Å². The Kier molecular flexibility index (Phi) is 6.01. The maximum atomic E-state index is 12.4. The lowest BCUT2D eigenvalue weighted by Gasteiger charge is -2.42. The highest BCUT2D eigenvalue weighted by atomic mass is 16.6. The Balaban J connectivity index is 2.36. The standard InChI is InChI=1S/C17H22N4O6/c1-17(2,3)27-16(25)18-13-14(23)19-15(24)21(11-8-6-5-7-9-11)20(13)10-12(22)26-4/h5-9,13H,10H2,1-4H3,(H,18,25)(H,19,23,24). The number of urea groups is 1. The Labute approximate surface area is 156 Å². The second kappa shape index (κ2) is 8.04. The van der Waals surface area contributed by atoms with Crippen LogP contribution in [-0.2, 0) is 19.1 Å². The molecule has 1 heterocycles. The Hall–Kier alpha value is -3.14. The van der Waals surface area contributed by atoms with Crippen LogP contribution in [0.15, 0.2) is 30.3 Å². The second-order valence-electron chi connectivity index (χ2n) is 6.66. The third-order valence-corrected chi connectivity index (χ3v) is 3.40. The Bertz CT molecular complexity index is 731. The molecule has 0 aliphatic carbocycles. The van der Waals surface area contributed by atoms with Crippen LogP contribution in [0.2, 0.25) is 0 Å². The van der Waals surface area contributed by atoms with Crippen molar-refractivity contribution in [3.63, 3.8) is 0 Å². The van der Waals surface area contributed by atoms with Crippen molar-refractivity contribution in [1.82, 2.24) is 15.6 Å². The topological polar surface area (TPSA) is 117 Å². The van der Waals surface area contributed by atoms with Crippen LogP contribution in [0.5, 0.6) is 0 Å². The van der Waals surface area contributed by atoms with Crippen molar-refractivity contribution in [1.29, 1.82) is 0 Å². The highest BCUT2D eigenvalue weighted by molar-refractivity contribution is 6.07. The number of benzene rings is 1. The van der Waals surface area contributed by atoms with Gasteiger partial charge in [0.15, 0.2) is 6.17 Å². The summed E-state index contributed by atoms with van der Waals surface area (Å²) in [6, 6.07) is 7.58. The number of carbonyl (C=O) groups excluding carboxylic acids is 4. The summed E-state index contributed by atoms with van der Waals surface area (Å²) in [7, 11) is 1.18. The predicted molar refractivity (Wildman–Crippen MR) is 94.3 cm³/mol. The number of ether oxygens (including phenoxy) is 2. The number of nitrogens with zero attached hydrogens (tertiary/aromatic N) is 2. The summed E-state index contributed by atoms with van der Waals surface area (Å²) in [5.41, 5.74) is -0.403. The van der Waals surface area contributed by atoms with Crippen molar-refractivity contribution in [3.05, 3.63) is 30.3 Å². The van der Waals surface area contributed by atoms with E-state index in [1.54, 1.807) is 51.1 Å². The summed E-state index contributed by atoms with van der Waals surface area (Å²) >= 11 is 0. The van der Waals surface area contributed by atoms with Crippen molar-refractivity contribution >= 4 is 29.7 Å². The highest BCUT2D eigenvalue weighted by Crippen LogP contribution is 2.21. The minimum absolute atomic E-state index is 0.391. The lowest BCUT2D eigenvalue weighted by atomic mass is 10.2. The molecular formula is C17H22N4O6. The van der Waals surface area contributed by atoms with Gasteiger partial charge < -0.3 is 9.47 Å². The van der Waals surface area contributed by atoms with Crippen molar-refractivity contribution in [2.24, 2.45) is 0 Å². The van der Waals surface area contributed by atoms with Crippen molar-refractivity contribution in [3.8, 4) is 0 Å². The average Bonchev–Trinajstić information content (AvgIpc) is 2.57. The summed E-state index contributed by atoms with van der Waals surface area (Å²) in [5, 5.41) is 6.71. The largest absolute Gasteiger partial charge is 0.468 e. The SMILES string of the molecule is COC(=O)CN1C(NC(=O)OC(C)(C)C)C(=O)NC(=O)N1c1ccccc1. The minimum atomic E-state index is -1.36. The van der Waals surface area contributed by atoms with E-state index in [2.05, 4.69) is 15.4 Å². The van der Waals surface area contributed by atoms with E-state index in [4.69, 9.17) is 4.74 Å². The number of imide groups is 1. The van der Waals surface area contributed by atoms with E-state index in [1.165, 1.54) is 7.11 Å². The molecule has 0 spiro atoms. The molecule has 27 heavy (non-hydrogen) atoms. The van der Waals surface area contributed by atoms with Gasteiger partial charge in [0.2, 0.25) is 0 Å². The van der Waals surface area contributed by atoms with E-state index in [1.807, 2.05) is 0 Å². The molecule has 1 aromatic carbocycles. The number of amides is 4. The lowest BCUT2D eigenvalue weighted by molar-refractivity contribution is -0.144. The zero-order chi connectivity index (χ0) is 20.2. The fourth-order valence-corrected chi connectivity index (χ4v) is 2.35. The number of rotatable bonds is 4. The van der Waals surface area contributed by atoms with Crippen LogP contribution in [0, 0.1) is 0 Å². The number of hydrazine groups is 1. The van der Waals surface area contributed by atoms with Crippen LogP contribution in [-0.4, -0.2) is 54.4 Å². The number of esters is 1. The molecule has 1 aliphatic rings. The first-order chi connectivity index (χ1) is 12.6. The molecule has 1 atom stereocenters. The van der Waals surface area contributed by atoms with Gasteiger partial charge in [0.25, 0.3) is 5.91 Å². The molecule has 0 bridgehead atoms. The maximum absolute atomic E-state index is 12.4. The zero-order valence-electron chi connectivity index (χ0n) is 15.5. The number of methoxy groups -OCH3 is 1. The summed E-state index contributed by atoms with van der Waals surface area (Å²) < 4.78 is 9.81. The molecule has 146 valence electrons. The van der Waals surface area contributed by atoms with E-state index in [9.17, 15) is 19.2 Å². The number of nitrogens with one attached hydrogen (secondary N) is 2. The summed E-state index contributed by atoms with van der Waals surface area (Å²) in [6.45, 7) is 4.55. The molecule has 2 N–H and O–H groups in total. The van der Waals surface area contributed by atoms with Crippen LogP contribution >= 0.6 is 0 Å². The van der Waals surface area contributed by atoms with E-state index < -0.39 is 42.3 Å². The molecule has 4 amide bonds. The zero-order valence-corrected chi connectivity index (χ0v) is 15.5. The van der Waals surface area contributed by atoms with Gasteiger partial charge in [-0.2, -0.15) is 5.01 Å². The number of alkyl carbamates (subject to hydrolysis) is 1. The van der Waals surface area contributed by atoms with Gasteiger partial charge >= 0.3 is 18.1 Å². The normalized spacial score (nSPS) is 17.9. The number of hydrogen-bond acceptors (Lipinski definition) is 7. The Morgan fingerprint density at radius 1 is 1.19 bits per heavy atom. The molecule has 10 heteroatoms. The molecule has 0 radical (unpaired) electrons. The summed E-state index contributed by atoms with van der Waals surface area (Å²) in [5.74, 6) is -1.50. The molecule has 1 aliphatic heterocycles. The lowest BCUT2D eigenvalue weighted by Crippen LogP contribution is -2.71. The van der Waals surface area contributed by atoms with Crippen LogP contribution in [0.25, 0.3) is 0 Å². The van der Waals surface area contributed by atoms with Gasteiger partial charge in [-0.25, -0.2) is 14.6 Å². The quantitative estimate of drug-likeness (QED) is 0.750. The van der Waals surface area contributed by atoms with E-state index in [-0.39, 0.29) is 0 Å². The van der Waals surface area contributed by atoms with Gasteiger partial charge in [0.05, 0.1) is 12.8 Å². The van der Waals surface area contributed by atoms with Gasteiger partial charge in [-0.15, -0.1) is 0 Å². The van der Waals surface area contributed by atoms with Gasteiger partial charge in [0, 0.05) is 0 Å². The third kappa shape index (κ3) is 5.17. The van der Waals surface area contributed by atoms with Crippen LogP contribution in [0.3, 0.4) is 0 Å². The van der Waals surface area contributed by atoms with Crippen LogP contribution in [0.4, 0.5) is 15.3 Å². The van der Waals surface area contributed by atoms with Crippen LogP contribution in [0.1, 0.15) is 20.8 Å². The first-order valence-electron chi connectivity index (χ1n) is 8.15. The van der Waals surface area contributed by atoms with E-state index in [0.29, 0.717) is 5.69 Å². The monoisotopic (exact) mass is 378 g/mol. The van der Waals surface area contributed by atoms with Crippen molar-refractivity contribution in [2.75, 3.05) is 18.7 Å². The fourth-order valence-electron chi connectivity index (χ4n) is 2.35. The Morgan fingerprint density at radius 3 is 2.37 bits per heavy atom. The molecule has 1 fully saturated rings. The first kappa shape index (κ1) is 20.2. The summed E-state index contributed by atoms with van der Waals surface area (Å²) in [6.07, 6.45) is -2.24. The van der Waals surface area contributed by atoms with Crippen molar-refractivity contribution < 1.29 is 28.7 Å². The highest BCUT2D eigenvalue weighted by Gasteiger charge is 2.43. The van der Waals surface area contributed by atoms with Crippen molar-refractivity contribution in [2.45, 2.75) is 32.5 Å². The smallest absolute Gasteiger partial charge is 0.409 e. The van der Waals surface area contributed by atoms with Gasteiger partial charge in [-0.1, -0.05) is 18.2 Å². The van der Waals surface area contributed by atoms with Gasteiger partial charge in [-0.05, 0) is 32.9 Å². The average molecular weight is 378 g/mol. The van der Waals surface area contributed by atoms with E-state index in [0.717, 1.165) is 10.0 Å². The predicted octanol–water partition coefficient (Wildman–Crippen LogP) is 0.984. The van der Waals surface area contributed by atoms with E-state index >= 15 is 0 Å².